The van der Waals surface area contributed by atoms with Gasteiger partial charge in [0.25, 0.3) is 0 Å². The molecular formula is C13H24N6. The molecule has 1 aromatic heterocycles. The smallest absolute Gasteiger partial charge is 0.231 e. The van der Waals surface area contributed by atoms with Crippen LogP contribution in [0, 0.1) is 5.92 Å². The maximum Gasteiger partial charge on any atom is 0.231 e. The van der Waals surface area contributed by atoms with Crippen LogP contribution >= 0.6 is 0 Å². The van der Waals surface area contributed by atoms with E-state index < -0.39 is 0 Å². The Labute approximate surface area is 114 Å². The molecule has 19 heavy (non-hydrogen) atoms. The number of nitrogens with two attached hydrogens (primary N) is 1. The molecule has 1 aliphatic heterocycles. The summed E-state index contributed by atoms with van der Waals surface area (Å²) in [4.78, 5) is 15.1. The summed E-state index contributed by atoms with van der Waals surface area (Å²) >= 11 is 0. The summed E-state index contributed by atoms with van der Waals surface area (Å²) in [7, 11) is 0. The van der Waals surface area contributed by atoms with Crippen molar-refractivity contribution < 1.29 is 0 Å². The van der Waals surface area contributed by atoms with E-state index in [4.69, 9.17) is 5.73 Å². The van der Waals surface area contributed by atoms with Crippen LogP contribution < -0.4 is 16.0 Å². The zero-order chi connectivity index (χ0) is 13.8. The predicted molar refractivity (Wildman–Crippen MR) is 78.2 cm³/mol. The van der Waals surface area contributed by atoms with Crippen molar-refractivity contribution in [2.75, 3.05) is 29.0 Å². The largest absolute Gasteiger partial charge is 0.368 e. The predicted octanol–water partition coefficient (Wildman–Crippen LogP) is 1.90. The molecule has 2 rings (SSSR count). The maximum atomic E-state index is 5.79. The van der Waals surface area contributed by atoms with Gasteiger partial charge in [-0.3, -0.25) is 0 Å². The average Bonchev–Trinajstić information content (AvgIpc) is 2.39. The van der Waals surface area contributed by atoms with Gasteiger partial charge in [0.1, 0.15) is 0 Å². The summed E-state index contributed by atoms with van der Waals surface area (Å²) < 4.78 is 0. The van der Waals surface area contributed by atoms with Crippen LogP contribution in [0.15, 0.2) is 0 Å². The average molecular weight is 264 g/mol. The SMILES string of the molecule is CC(C)C(C)Nc1nc(N)nc(N2CCCCC2)n1. The Hall–Kier alpha value is -1.59. The molecule has 106 valence electrons. The fraction of sp³-hybridized carbons (Fsp3) is 0.769. The van der Waals surface area contributed by atoms with Gasteiger partial charge < -0.3 is 16.0 Å². The minimum absolute atomic E-state index is 0.286. The van der Waals surface area contributed by atoms with E-state index in [1.807, 2.05) is 0 Å². The third-order valence-electron chi connectivity index (χ3n) is 3.64. The van der Waals surface area contributed by atoms with E-state index in [1.54, 1.807) is 0 Å². The summed E-state index contributed by atoms with van der Waals surface area (Å²) in [5.41, 5.74) is 5.79. The summed E-state index contributed by atoms with van der Waals surface area (Å²) in [5.74, 6) is 2.07. The third-order valence-corrected chi connectivity index (χ3v) is 3.64. The molecule has 1 aromatic rings. The van der Waals surface area contributed by atoms with Crippen LogP contribution in [0.1, 0.15) is 40.0 Å². The zero-order valence-corrected chi connectivity index (χ0v) is 12.1. The second-order valence-corrected chi connectivity index (χ2v) is 5.54. The quantitative estimate of drug-likeness (QED) is 0.864. The Balaban J connectivity index is 2.14. The molecule has 6 nitrogen and oxygen atoms in total. The Bertz CT molecular complexity index is 414. The number of nitrogen functional groups attached to an aromatic ring is 1. The van der Waals surface area contributed by atoms with Crippen molar-refractivity contribution in [1.82, 2.24) is 15.0 Å². The minimum Gasteiger partial charge on any atom is -0.368 e. The van der Waals surface area contributed by atoms with Gasteiger partial charge in [0, 0.05) is 19.1 Å². The van der Waals surface area contributed by atoms with Crippen LogP contribution in [-0.4, -0.2) is 34.1 Å². The van der Waals surface area contributed by atoms with Crippen LogP contribution in [0.25, 0.3) is 0 Å². The molecule has 2 heterocycles. The lowest BCUT2D eigenvalue weighted by Gasteiger charge is -2.27. The molecule has 0 bridgehead atoms. The summed E-state index contributed by atoms with van der Waals surface area (Å²) in [5, 5.41) is 3.29. The molecule has 0 aromatic carbocycles. The lowest BCUT2D eigenvalue weighted by molar-refractivity contribution is 0.553. The van der Waals surface area contributed by atoms with Gasteiger partial charge in [-0.1, -0.05) is 13.8 Å². The fourth-order valence-corrected chi connectivity index (χ4v) is 2.05. The van der Waals surface area contributed by atoms with E-state index in [2.05, 4.69) is 45.9 Å². The van der Waals surface area contributed by atoms with Crippen molar-refractivity contribution >= 4 is 17.8 Å². The number of hydrogen-bond donors (Lipinski definition) is 2. The summed E-state index contributed by atoms with van der Waals surface area (Å²) in [6.45, 7) is 8.44. The Morgan fingerprint density at radius 2 is 1.74 bits per heavy atom. The second kappa shape index (κ2) is 6.04. The third kappa shape index (κ3) is 3.68. The second-order valence-electron chi connectivity index (χ2n) is 5.54. The summed E-state index contributed by atoms with van der Waals surface area (Å²) in [6.07, 6.45) is 3.67. The number of rotatable bonds is 4. The van der Waals surface area contributed by atoms with Gasteiger partial charge in [0.05, 0.1) is 0 Å². The topological polar surface area (TPSA) is 80.0 Å². The number of hydrogen-bond acceptors (Lipinski definition) is 6. The van der Waals surface area contributed by atoms with Gasteiger partial charge in [0.15, 0.2) is 0 Å². The van der Waals surface area contributed by atoms with Crippen molar-refractivity contribution in [3.63, 3.8) is 0 Å². The lowest BCUT2D eigenvalue weighted by atomic mass is 10.1. The first-order chi connectivity index (χ1) is 9.06. The lowest BCUT2D eigenvalue weighted by Crippen LogP contribution is -2.32. The van der Waals surface area contributed by atoms with Crippen LogP contribution in [0.2, 0.25) is 0 Å². The molecule has 0 spiro atoms. The van der Waals surface area contributed by atoms with Gasteiger partial charge in [-0.2, -0.15) is 15.0 Å². The normalized spacial score (nSPS) is 17.6. The number of aromatic nitrogens is 3. The van der Waals surface area contributed by atoms with Crippen LogP contribution in [0.5, 0.6) is 0 Å². The van der Waals surface area contributed by atoms with E-state index in [-0.39, 0.29) is 5.95 Å². The Morgan fingerprint density at radius 3 is 2.37 bits per heavy atom. The highest BCUT2D eigenvalue weighted by molar-refractivity contribution is 5.42. The number of piperidine rings is 1. The molecule has 6 heteroatoms. The molecule has 0 amide bonds. The molecular weight excluding hydrogens is 240 g/mol. The van der Waals surface area contributed by atoms with E-state index in [0.717, 1.165) is 13.1 Å². The van der Waals surface area contributed by atoms with Gasteiger partial charge in [-0.25, -0.2) is 0 Å². The van der Waals surface area contributed by atoms with Crippen LogP contribution in [-0.2, 0) is 0 Å². The number of anilines is 3. The van der Waals surface area contributed by atoms with Crippen LogP contribution in [0.4, 0.5) is 17.8 Å². The van der Waals surface area contributed by atoms with E-state index in [1.165, 1.54) is 19.3 Å². The Morgan fingerprint density at radius 1 is 1.05 bits per heavy atom. The summed E-state index contributed by atoms with van der Waals surface area (Å²) in [6, 6.07) is 0.302. The molecule has 1 saturated heterocycles. The molecule has 1 fully saturated rings. The first-order valence-corrected chi connectivity index (χ1v) is 7.09. The van der Waals surface area contributed by atoms with E-state index >= 15 is 0 Å². The molecule has 3 N–H and O–H groups in total. The molecule has 1 atom stereocenters. The molecule has 0 saturated carbocycles. The van der Waals surface area contributed by atoms with Crippen LogP contribution in [0.3, 0.4) is 0 Å². The monoisotopic (exact) mass is 264 g/mol. The number of nitrogens with one attached hydrogen (secondary N) is 1. The van der Waals surface area contributed by atoms with Crippen molar-refractivity contribution in [2.24, 2.45) is 5.92 Å². The van der Waals surface area contributed by atoms with E-state index in [0.29, 0.717) is 23.9 Å². The highest BCUT2D eigenvalue weighted by atomic mass is 15.3. The van der Waals surface area contributed by atoms with Gasteiger partial charge >= 0.3 is 0 Å². The van der Waals surface area contributed by atoms with Crippen molar-refractivity contribution in [3.8, 4) is 0 Å². The fourth-order valence-electron chi connectivity index (χ4n) is 2.05. The number of nitrogens with zero attached hydrogens (tertiary/aromatic N) is 4. The highest BCUT2D eigenvalue weighted by Crippen LogP contribution is 2.18. The van der Waals surface area contributed by atoms with E-state index in [9.17, 15) is 0 Å². The first-order valence-electron chi connectivity index (χ1n) is 7.09. The van der Waals surface area contributed by atoms with Crippen molar-refractivity contribution in [2.45, 2.75) is 46.1 Å². The van der Waals surface area contributed by atoms with Gasteiger partial charge in [0.2, 0.25) is 17.8 Å². The maximum absolute atomic E-state index is 5.79. The van der Waals surface area contributed by atoms with Crippen molar-refractivity contribution in [3.05, 3.63) is 0 Å². The molecule has 1 aliphatic rings. The van der Waals surface area contributed by atoms with Gasteiger partial charge in [-0.15, -0.1) is 0 Å². The standard InChI is InChI=1S/C13H24N6/c1-9(2)10(3)15-12-16-11(14)17-13(18-12)19-7-5-4-6-8-19/h9-10H,4-8H2,1-3H3,(H3,14,15,16,17,18). The molecule has 0 aliphatic carbocycles. The Kier molecular flexibility index (Phi) is 4.39. The highest BCUT2D eigenvalue weighted by Gasteiger charge is 2.16. The zero-order valence-electron chi connectivity index (χ0n) is 12.1. The minimum atomic E-state index is 0.286. The molecule has 0 radical (unpaired) electrons. The van der Waals surface area contributed by atoms with Crippen molar-refractivity contribution in [1.29, 1.82) is 0 Å². The van der Waals surface area contributed by atoms with Gasteiger partial charge in [-0.05, 0) is 32.1 Å². The molecule has 1 unspecified atom stereocenters. The first kappa shape index (κ1) is 13.8.